The number of halogens is 3. The van der Waals surface area contributed by atoms with E-state index in [1.54, 1.807) is 0 Å². The molecule has 0 spiro atoms. The van der Waals surface area contributed by atoms with Crippen LogP contribution in [0, 0.1) is 11.8 Å². The zero-order chi connectivity index (χ0) is 15.2. The molecule has 1 aliphatic rings. The third-order valence-corrected chi connectivity index (χ3v) is 3.75. The summed E-state index contributed by atoms with van der Waals surface area (Å²) in [6.45, 7) is 0.208. The van der Waals surface area contributed by atoms with Gasteiger partial charge in [-0.3, -0.25) is 4.79 Å². The summed E-state index contributed by atoms with van der Waals surface area (Å²) in [6, 6.07) is -0.294. The van der Waals surface area contributed by atoms with Gasteiger partial charge in [0, 0.05) is 19.6 Å². The normalized spacial score (nSPS) is 25.2. The van der Waals surface area contributed by atoms with Gasteiger partial charge in [0.1, 0.15) is 0 Å². The number of ether oxygens (including phenoxy) is 1. The fraction of sp³-hybridized carbons (Fsp3) is 0.923. The highest BCUT2D eigenvalue weighted by molar-refractivity contribution is 5.79. The quantitative estimate of drug-likeness (QED) is 0.787. The topological polar surface area (TPSA) is 58.6 Å². The van der Waals surface area contributed by atoms with Crippen LogP contribution in [0.25, 0.3) is 0 Å². The maximum atomic E-state index is 12.5. The largest absolute Gasteiger partial charge is 0.396 e. The molecule has 2 N–H and O–H groups in total. The maximum Gasteiger partial charge on any atom is 0.391 e. The second kappa shape index (κ2) is 7.83. The SMILES string of the molecule is COCC(CCO)NC(=O)C1CCC(C(F)(F)F)CC1. The predicted molar refractivity (Wildman–Crippen MR) is 67.0 cm³/mol. The van der Waals surface area contributed by atoms with Crippen LogP contribution in [-0.4, -0.2) is 43.6 Å². The highest BCUT2D eigenvalue weighted by Crippen LogP contribution is 2.39. The molecule has 0 radical (unpaired) electrons. The Morgan fingerprint density at radius 3 is 2.40 bits per heavy atom. The number of carbonyl (C=O) groups excluding carboxylic acids is 1. The molecule has 1 amide bonds. The molecule has 0 bridgehead atoms. The van der Waals surface area contributed by atoms with Crippen molar-refractivity contribution < 1.29 is 27.8 Å². The van der Waals surface area contributed by atoms with Crippen LogP contribution in [0.5, 0.6) is 0 Å². The van der Waals surface area contributed by atoms with Gasteiger partial charge in [0.25, 0.3) is 0 Å². The van der Waals surface area contributed by atoms with Crippen molar-refractivity contribution in [3.63, 3.8) is 0 Å². The first kappa shape index (κ1) is 17.2. The molecule has 4 nitrogen and oxygen atoms in total. The van der Waals surface area contributed by atoms with E-state index in [0.29, 0.717) is 6.42 Å². The molecule has 1 unspecified atom stereocenters. The molecular formula is C13H22F3NO3. The van der Waals surface area contributed by atoms with Gasteiger partial charge in [-0.25, -0.2) is 0 Å². The van der Waals surface area contributed by atoms with E-state index in [1.165, 1.54) is 7.11 Å². The highest BCUT2D eigenvalue weighted by Gasteiger charge is 2.42. The Morgan fingerprint density at radius 2 is 1.95 bits per heavy atom. The molecule has 7 heteroatoms. The van der Waals surface area contributed by atoms with Crippen LogP contribution >= 0.6 is 0 Å². The molecule has 1 rings (SSSR count). The fourth-order valence-electron chi connectivity index (χ4n) is 2.56. The van der Waals surface area contributed by atoms with Crippen LogP contribution in [0.15, 0.2) is 0 Å². The first-order valence-electron chi connectivity index (χ1n) is 6.85. The first-order valence-corrected chi connectivity index (χ1v) is 6.85. The predicted octanol–water partition coefficient (Wildman–Crippen LogP) is 1.87. The zero-order valence-corrected chi connectivity index (χ0v) is 11.6. The van der Waals surface area contributed by atoms with Crippen LogP contribution in [0.4, 0.5) is 13.2 Å². The molecule has 1 atom stereocenters. The number of nitrogens with one attached hydrogen (secondary N) is 1. The van der Waals surface area contributed by atoms with E-state index in [-0.39, 0.29) is 56.8 Å². The lowest BCUT2D eigenvalue weighted by molar-refractivity contribution is -0.184. The number of carbonyl (C=O) groups is 1. The highest BCUT2D eigenvalue weighted by atomic mass is 19.4. The van der Waals surface area contributed by atoms with Crippen LogP contribution in [0.1, 0.15) is 32.1 Å². The van der Waals surface area contributed by atoms with Crippen molar-refractivity contribution in [2.75, 3.05) is 20.3 Å². The standard InChI is InChI=1S/C13H22F3NO3/c1-20-8-11(6-7-18)17-12(19)9-2-4-10(5-3-9)13(14,15)16/h9-11,18H,2-8H2,1H3,(H,17,19). The van der Waals surface area contributed by atoms with Gasteiger partial charge in [0.05, 0.1) is 18.6 Å². The van der Waals surface area contributed by atoms with Crippen molar-refractivity contribution in [3.05, 3.63) is 0 Å². The molecule has 1 fully saturated rings. The van der Waals surface area contributed by atoms with E-state index in [4.69, 9.17) is 9.84 Å². The van der Waals surface area contributed by atoms with E-state index in [9.17, 15) is 18.0 Å². The van der Waals surface area contributed by atoms with Crippen molar-refractivity contribution in [2.24, 2.45) is 11.8 Å². The summed E-state index contributed by atoms with van der Waals surface area (Å²) in [6.07, 6.45) is -3.24. The van der Waals surface area contributed by atoms with Gasteiger partial charge in [-0.05, 0) is 32.1 Å². The lowest BCUT2D eigenvalue weighted by Crippen LogP contribution is -2.43. The molecule has 0 aliphatic heterocycles. The summed E-state index contributed by atoms with van der Waals surface area (Å²) in [5.41, 5.74) is 0. The van der Waals surface area contributed by atoms with Crippen molar-refractivity contribution in [2.45, 2.75) is 44.3 Å². The van der Waals surface area contributed by atoms with Crippen LogP contribution in [-0.2, 0) is 9.53 Å². The molecule has 0 aromatic heterocycles. The summed E-state index contributed by atoms with van der Waals surface area (Å²) in [5.74, 6) is -1.88. The Labute approximate surface area is 116 Å². The summed E-state index contributed by atoms with van der Waals surface area (Å²) in [7, 11) is 1.49. The molecule has 0 saturated heterocycles. The number of methoxy groups -OCH3 is 1. The van der Waals surface area contributed by atoms with Gasteiger partial charge >= 0.3 is 6.18 Å². The Morgan fingerprint density at radius 1 is 1.35 bits per heavy atom. The minimum Gasteiger partial charge on any atom is -0.396 e. The summed E-state index contributed by atoms with van der Waals surface area (Å²) in [4.78, 5) is 12.0. The number of aliphatic hydroxyl groups excluding tert-OH is 1. The third kappa shape index (κ3) is 5.28. The number of aliphatic hydroxyl groups is 1. The number of hydrogen-bond acceptors (Lipinski definition) is 3. The Balaban J connectivity index is 2.42. The first-order chi connectivity index (χ1) is 9.38. The zero-order valence-electron chi connectivity index (χ0n) is 11.6. The molecule has 20 heavy (non-hydrogen) atoms. The van der Waals surface area contributed by atoms with Gasteiger partial charge < -0.3 is 15.2 Å². The van der Waals surface area contributed by atoms with Crippen LogP contribution in [0.2, 0.25) is 0 Å². The molecule has 118 valence electrons. The van der Waals surface area contributed by atoms with Crippen molar-refractivity contribution >= 4 is 5.91 Å². The van der Waals surface area contributed by atoms with Crippen molar-refractivity contribution in [1.29, 1.82) is 0 Å². The third-order valence-electron chi connectivity index (χ3n) is 3.75. The maximum absolute atomic E-state index is 12.5. The average molecular weight is 297 g/mol. The lowest BCUT2D eigenvalue weighted by Gasteiger charge is -2.30. The average Bonchev–Trinajstić information content (AvgIpc) is 2.38. The molecule has 0 aromatic carbocycles. The Kier molecular flexibility index (Phi) is 6.75. The van der Waals surface area contributed by atoms with Crippen LogP contribution < -0.4 is 5.32 Å². The van der Waals surface area contributed by atoms with E-state index >= 15 is 0 Å². The van der Waals surface area contributed by atoms with Gasteiger partial charge in [0.15, 0.2) is 0 Å². The van der Waals surface area contributed by atoms with E-state index in [0.717, 1.165) is 0 Å². The van der Waals surface area contributed by atoms with Gasteiger partial charge in [-0.1, -0.05) is 0 Å². The Hall–Kier alpha value is -0.820. The lowest BCUT2D eigenvalue weighted by atomic mass is 9.81. The number of hydrogen-bond donors (Lipinski definition) is 2. The number of rotatable bonds is 6. The van der Waals surface area contributed by atoms with E-state index in [2.05, 4.69) is 5.32 Å². The smallest absolute Gasteiger partial charge is 0.391 e. The monoisotopic (exact) mass is 297 g/mol. The fourth-order valence-corrected chi connectivity index (χ4v) is 2.56. The van der Waals surface area contributed by atoms with Crippen LogP contribution in [0.3, 0.4) is 0 Å². The minimum atomic E-state index is -4.16. The summed E-state index contributed by atoms with van der Waals surface area (Å²) >= 11 is 0. The van der Waals surface area contributed by atoms with Gasteiger partial charge in [-0.15, -0.1) is 0 Å². The summed E-state index contributed by atoms with van der Waals surface area (Å²) < 4.78 is 42.5. The second-order valence-corrected chi connectivity index (χ2v) is 5.26. The van der Waals surface area contributed by atoms with E-state index < -0.39 is 12.1 Å². The molecule has 0 heterocycles. The number of amides is 1. The van der Waals surface area contributed by atoms with Crippen molar-refractivity contribution in [1.82, 2.24) is 5.32 Å². The molecule has 1 saturated carbocycles. The Bertz CT molecular complexity index is 296. The second-order valence-electron chi connectivity index (χ2n) is 5.26. The minimum absolute atomic E-state index is 0.0104. The van der Waals surface area contributed by atoms with Gasteiger partial charge in [0.2, 0.25) is 5.91 Å². The van der Waals surface area contributed by atoms with E-state index in [1.807, 2.05) is 0 Å². The van der Waals surface area contributed by atoms with Gasteiger partial charge in [-0.2, -0.15) is 13.2 Å². The molecule has 1 aliphatic carbocycles. The number of alkyl halides is 3. The summed E-state index contributed by atoms with van der Waals surface area (Å²) in [5, 5.41) is 11.6. The molecule has 0 aromatic rings. The molecular weight excluding hydrogens is 275 g/mol. The van der Waals surface area contributed by atoms with Crippen molar-refractivity contribution in [3.8, 4) is 0 Å².